The Balaban J connectivity index is 2.65. The maximum absolute atomic E-state index is 12.9. The Morgan fingerprint density at radius 2 is 1.61 bits per heavy atom. The third-order valence-electron chi connectivity index (χ3n) is 3.24. The summed E-state index contributed by atoms with van der Waals surface area (Å²) < 4.78 is 28.7. The van der Waals surface area contributed by atoms with Gasteiger partial charge in [0.15, 0.2) is 0 Å². The molecule has 0 radical (unpaired) electrons. The molecule has 2 aromatic carbocycles. The molecule has 0 fully saturated rings. The minimum absolute atomic E-state index is 0.0460. The van der Waals surface area contributed by atoms with Gasteiger partial charge < -0.3 is 24.0 Å². The monoisotopic (exact) mass is 340 g/mol. The summed E-state index contributed by atoms with van der Waals surface area (Å²) in [6.07, 6.45) is 0. The zero-order chi connectivity index (χ0) is 17.0. The predicted octanol–water partition coefficient (Wildman–Crippen LogP) is 3.54. The molecule has 2 N–H and O–H groups in total. The molecule has 2 aromatic rings. The Hall–Kier alpha value is -1.75. The number of aromatic hydroxyl groups is 2. The third-order valence-corrected chi connectivity index (χ3v) is 5.37. The maximum Gasteiger partial charge on any atom is 0.365 e. The first-order valence-corrected chi connectivity index (χ1v) is 9.02. The van der Waals surface area contributed by atoms with Crippen LogP contribution in [0.3, 0.4) is 0 Å². The Morgan fingerprint density at radius 1 is 0.957 bits per heavy atom. The molecule has 0 aliphatic heterocycles. The smallest absolute Gasteiger partial charge is 0.365 e. The lowest BCUT2D eigenvalue weighted by Gasteiger charge is -2.19. The quantitative estimate of drug-likeness (QED) is 0.592. The Kier molecular flexibility index (Phi) is 5.52. The molecule has 6 nitrogen and oxygen atoms in total. The molecule has 0 atom stereocenters. The van der Waals surface area contributed by atoms with Gasteiger partial charge in [-0.25, -0.2) is 0 Å². The first-order chi connectivity index (χ1) is 11.0. The normalized spacial score (nSPS) is 11.8. The highest BCUT2D eigenvalue weighted by Gasteiger charge is 2.32. The van der Waals surface area contributed by atoms with Gasteiger partial charge in [-0.15, -0.1) is 0 Å². The van der Waals surface area contributed by atoms with Crippen LogP contribution in [-0.4, -0.2) is 30.0 Å². The van der Waals surface area contributed by atoms with E-state index in [1.807, 2.05) is 6.92 Å². The van der Waals surface area contributed by atoms with E-state index in [4.69, 9.17) is 13.8 Å². The van der Waals surface area contributed by atoms with E-state index in [0.717, 1.165) is 0 Å². The minimum Gasteiger partial charge on any atom is -0.507 e. The van der Waals surface area contributed by atoms with Crippen LogP contribution in [0.4, 0.5) is 0 Å². The van der Waals surface area contributed by atoms with Crippen molar-refractivity contribution in [2.45, 2.75) is 20.8 Å². The highest BCUT2D eigenvalue weighted by molar-refractivity contribution is 7.62. The van der Waals surface area contributed by atoms with Gasteiger partial charge in [0.25, 0.3) is 0 Å². The number of benzene rings is 2. The fraction of sp³-hybridized carbons (Fsp3) is 0.375. The largest absolute Gasteiger partial charge is 0.507 e. The van der Waals surface area contributed by atoms with Crippen LogP contribution in [0.1, 0.15) is 20.8 Å². The summed E-state index contributed by atoms with van der Waals surface area (Å²) in [5.74, 6) is 0.209. The van der Waals surface area contributed by atoms with E-state index in [-0.39, 0.29) is 30.0 Å². The minimum atomic E-state index is -3.71. The summed E-state index contributed by atoms with van der Waals surface area (Å²) in [6, 6.07) is 6.10. The molecule has 0 amide bonds. The molecule has 0 aliphatic rings. The molecule has 7 heteroatoms. The molecular formula is C16H21O6P. The van der Waals surface area contributed by atoms with E-state index in [9.17, 15) is 14.8 Å². The van der Waals surface area contributed by atoms with Crippen molar-refractivity contribution in [2.75, 3.05) is 19.8 Å². The Labute approximate surface area is 135 Å². The van der Waals surface area contributed by atoms with Crippen LogP contribution in [-0.2, 0) is 13.6 Å². The molecule has 2 rings (SSSR count). The lowest BCUT2D eigenvalue weighted by atomic mass is 10.1. The van der Waals surface area contributed by atoms with Crippen molar-refractivity contribution in [1.29, 1.82) is 0 Å². The van der Waals surface area contributed by atoms with Crippen LogP contribution < -0.4 is 10.0 Å². The fourth-order valence-corrected chi connectivity index (χ4v) is 4.03. The zero-order valence-corrected chi connectivity index (χ0v) is 14.3. The number of hydrogen-bond donors (Lipinski definition) is 2. The van der Waals surface area contributed by atoms with Crippen LogP contribution in [0, 0.1) is 0 Å². The van der Waals surface area contributed by atoms with Gasteiger partial charge in [0, 0.05) is 10.8 Å². The summed E-state index contributed by atoms with van der Waals surface area (Å²) >= 11 is 0. The summed E-state index contributed by atoms with van der Waals surface area (Å²) in [6.45, 7) is 6.00. The molecule has 0 heterocycles. The average molecular weight is 340 g/mol. The SMILES string of the molecule is CCOc1ccc2c(O)c(P(=O)(OCC)OCC)cc(O)c2c1. The summed E-state index contributed by atoms with van der Waals surface area (Å²) in [5, 5.41) is 21.5. The fourth-order valence-electron chi connectivity index (χ4n) is 2.34. The molecule has 0 aromatic heterocycles. The van der Waals surface area contributed by atoms with Gasteiger partial charge in [-0.1, -0.05) is 0 Å². The van der Waals surface area contributed by atoms with E-state index >= 15 is 0 Å². The molecule has 0 saturated carbocycles. The van der Waals surface area contributed by atoms with Crippen molar-refractivity contribution >= 4 is 23.7 Å². The van der Waals surface area contributed by atoms with Gasteiger partial charge in [-0.3, -0.25) is 4.57 Å². The van der Waals surface area contributed by atoms with Crippen molar-refractivity contribution in [1.82, 2.24) is 0 Å². The Morgan fingerprint density at radius 3 is 2.17 bits per heavy atom. The van der Waals surface area contributed by atoms with Crippen LogP contribution in [0.15, 0.2) is 24.3 Å². The highest BCUT2D eigenvalue weighted by atomic mass is 31.2. The van der Waals surface area contributed by atoms with Crippen molar-refractivity contribution in [2.24, 2.45) is 0 Å². The zero-order valence-electron chi connectivity index (χ0n) is 13.4. The van der Waals surface area contributed by atoms with Crippen LogP contribution in [0.2, 0.25) is 0 Å². The van der Waals surface area contributed by atoms with E-state index in [1.54, 1.807) is 32.0 Å². The number of phenols is 2. The standard InChI is InChI=1S/C16H21O6P/c1-4-20-11-7-8-12-13(9-11)14(17)10-15(16(12)18)23(19,21-5-2)22-6-3/h7-10,17-18H,4-6H2,1-3H3. The molecule has 126 valence electrons. The van der Waals surface area contributed by atoms with Gasteiger partial charge in [0.05, 0.1) is 19.8 Å². The van der Waals surface area contributed by atoms with Gasteiger partial charge >= 0.3 is 7.60 Å². The Bertz CT molecular complexity index is 733. The molecule has 0 spiro atoms. The second kappa shape index (κ2) is 7.21. The van der Waals surface area contributed by atoms with Gasteiger partial charge in [-0.2, -0.15) is 0 Å². The second-order valence-electron chi connectivity index (χ2n) is 4.74. The molecule has 0 bridgehead atoms. The molecule has 0 unspecified atom stereocenters. The molecule has 23 heavy (non-hydrogen) atoms. The third kappa shape index (κ3) is 3.44. The van der Waals surface area contributed by atoms with Crippen molar-refractivity contribution in [3.05, 3.63) is 24.3 Å². The highest BCUT2D eigenvalue weighted by Crippen LogP contribution is 2.51. The topological polar surface area (TPSA) is 85.2 Å². The van der Waals surface area contributed by atoms with Crippen molar-refractivity contribution in [3.8, 4) is 17.2 Å². The van der Waals surface area contributed by atoms with E-state index in [1.165, 1.54) is 6.07 Å². The van der Waals surface area contributed by atoms with E-state index < -0.39 is 7.60 Å². The summed E-state index contributed by atoms with van der Waals surface area (Å²) in [5.41, 5.74) is 0. The number of rotatable bonds is 7. The molecule has 0 aliphatic carbocycles. The number of phenolic OH excluding ortho intramolecular Hbond substituents is 2. The number of ether oxygens (including phenoxy) is 1. The van der Waals surface area contributed by atoms with Gasteiger partial charge in [0.1, 0.15) is 22.6 Å². The lowest BCUT2D eigenvalue weighted by Crippen LogP contribution is -2.11. The average Bonchev–Trinajstić information content (AvgIpc) is 2.51. The first kappa shape index (κ1) is 17.6. The number of fused-ring (bicyclic) bond motifs is 1. The molecule has 0 saturated heterocycles. The van der Waals surface area contributed by atoms with Gasteiger partial charge in [-0.05, 0) is 45.0 Å². The van der Waals surface area contributed by atoms with Crippen molar-refractivity contribution < 1.29 is 28.6 Å². The second-order valence-corrected chi connectivity index (χ2v) is 6.73. The first-order valence-electron chi connectivity index (χ1n) is 7.48. The van der Waals surface area contributed by atoms with Crippen LogP contribution in [0.25, 0.3) is 10.8 Å². The maximum atomic E-state index is 12.9. The summed E-state index contributed by atoms with van der Waals surface area (Å²) in [4.78, 5) is 0. The van der Waals surface area contributed by atoms with E-state index in [0.29, 0.717) is 23.1 Å². The predicted molar refractivity (Wildman–Crippen MR) is 88.9 cm³/mol. The van der Waals surface area contributed by atoms with E-state index in [2.05, 4.69) is 0 Å². The van der Waals surface area contributed by atoms with Gasteiger partial charge in [0.2, 0.25) is 0 Å². The van der Waals surface area contributed by atoms with Crippen LogP contribution in [0.5, 0.6) is 17.2 Å². The van der Waals surface area contributed by atoms with Crippen LogP contribution >= 0.6 is 7.60 Å². The lowest BCUT2D eigenvalue weighted by molar-refractivity contribution is 0.229. The number of hydrogen-bond acceptors (Lipinski definition) is 6. The summed E-state index contributed by atoms with van der Waals surface area (Å²) in [7, 11) is -3.71. The van der Waals surface area contributed by atoms with Crippen molar-refractivity contribution in [3.63, 3.8) is 0 Å². The molecular weight excluding hydrogens is 319 g/mol.